The highest BCUT2D eigenvalue weighted by molar-refractivity contribution is 5.91. The number of benzene rings is 3. The van der Waals surface area contributed by atoms with Gasteiger partial charge in [0.2, 0.25) is 5.91 Å². The normalized spacial score (nSPS) is 10.6. The first-order valence-corrected chi connectivity index (χ1v) is 9.09. The second-order valence-corrected chi connectivity index (χ2v) is 6.22. The summed E-state index contributed by atoms with van der Waals surface area (Å²) in [5.41, 5.74) is 3.01. The van der Waals surface area contributed by atoms with E-state index in [2.05, 4.69) is 5.32 Å². The number of carbonyl (C=O) groups is 1. The molecule has 0 aliphatic rings. The van der Waals surface area contributed by atoms with Crippen LogP contribution in [-0.2, 0) is 17.9 Å². The van der Waals surface area contributed by atoms with Crippen molar-refractivity contribution < 1.29 is 14.3 Å². The predicted octanol–water partition coefficient (Wildman–Crippen LogP) is 4.60. The van der Waals surface area contributed by atoms with Crippen LogP contribution in [0, 0.1) is 0 Å². The van der Waals surface area contributed by atoms with Gasteiger partial charge in [-0.25, -0.2) is 0 Å². The Labute approximate surface area is 165 Å². The molecule has 3 rings (SSSR count). The van der Waals surface area contributed by atoms with Gasteiger partial charge in [0.25, 0.3) is 0 Å². The van der Waals surface area contributed by atoms with Crippen LogP contribution in [0.2, 0.25) is 0 Å². The molecule has 3 aromatic carbocycles. The zero-order chi connectivity index (χ0) is 19.6. The maximum atomic E-state index is 12.0. The van der Waals surface area contributed by atoms with Crippen molar-refractivity contribution in [3.05, 3.63) is 102 Å². The molecule has 0 bridgehead atoms. The first-order chi connectivity index (χ1) is 13.7. The van der Waals surface area contributed by atoms with E-state index in [0.717, 1.165) is 16.7 Å². The van der Waals surface area contributed by atoms with E-state index < -0.39 is 0 Å². The maximum absolute atomic E-state index is 12.0. The average Bonchev–Trinajstić information content (AvgIpc) is 2.76. The Kier molecular flexibility index (Phi) is 6.85. The molecular weight excluding hydrogens is 350 g/mol. The molecule has 0 aliphatic heterocycles. The van der Waals surface area contributed by atoms with Gasteiger partial charge in [-0.2, -0.15) is 0 Å². The quantitative estimate of drug-likeness (QED) is 0.587. The fourth-order valence-corrected chi connectivity index (χ4v) is 2.66. The molecule has 1 N–H and O–H groups in total. The van der Waals surface area contributed by atoms with Crippen molar-refractivity contribution in [2.24, 2.45) is 0 Å². The van der Waals surface area contributed by atoms with Gasteiger partial charge in [0, 0.05) is 12.6 Å². The fourth-order valence-electron chi connectivity index (χ4n) is 2.66. The van der Waals surface area contributed by atoms with Crippen LogP contribution in [0.4, 0.5) is 0 Å². The highest BCUT2D eigenvalue weighted by Crippen LogP contribution is 2.28. The first kappa shape index (κ1) is 19.2. The van der Waals surface area contributed by atoms with E-state index in [-0.39, 0.29) is 5.91 Å². The lowest BCUT2D eigenvalue weighted by Gasteiger charge is -2.12. The molecule has 142 valence electrons. The van der Waals surface area contributed by atoms with Crippen LogP contribution < -0.4 is 14.8 Å². The largest absolute Gasteiger partial charge is 0.493 e. The molecule has 0 saturated heterocycles. The van der Waals surface area contributed by atoms with E-state index in [1.54, 1.807) is 13.2 Å². The topological polar surface area (TPSA) is 47.6 Å². The van der Waals surface area contributed by atoms with Crippen molar-refractivity contribution in [3.8, 4) is 11.5 Å². The Balaban J connectivity index is 1.55. The number of carbonyl (C=O) groups excluding carboxylic acids is 1. The summed E-state index contributed by atoms with van der Waals surface area (Å²) in [5, 5.41) is 2.88. The van der Waals surface area contributed by atoms with E-state index in [0.29, 0.717) is 24.7 Å². The molecule has 0 heterocycles. The minimum absolute atomic E-state index is 0.146. The Morgan fingerprint density at radius 3 is 2.32 bits per heavy atom. The van der Waals surface area contributed by atoms with E-state index in [1.807, 2.05) is 78.9 Å². The Hall–Kier alpha value is -3.53. The number of nitrogens with one attached hydrogen (secondary N) is 1. The van der Waals surface area contributed by atoms with Crippen LogP contribution in [0.5, 0.6) is 11.5 Å². The molecule has 1 amide bonds. The zero-order valence-electron chi connectivity index (χ0n) is 15.8. The number of methoxy groups -OCH3 is 1. The van der Waals surface area contributed by atoms with Crippen molar-refractivity contribution in [2.75, 3.05) is 7.11 Å². The summed E-state index contributed by atoms with van der Waals surface area (Å²) >= 11 is 0. The lowest BCUT2D eigenvalue weighted by Crippen LogP contribution is -2.20. The summed E-state index contributed by atoms with van der Waals surface area (Å²) in [5.74, 6) is 1.17. The van der Waals surface area contributed by atoms with Gasteiger partial charge in [-0.3, -0.25) is 4.79 Å². The summed E-state index contributed by atoms with van der Waals surface area (Å²) in [7, 11) is 1.61. The lowest BCUT2D eigenvalue weighted by molar-refractivity contribution is -0.116. The smallest absolute Gasteiger partial charge is 0.244 e. The molecule has 0 aliphatic carbocycles. The van der Waals surface area contributed by atoms with Crippen LogP contribution in [0.3, 0.4) is 0 Å². The molecular formula is C24H23NO3. The number of amides is 1. The van der Waals surface area contributed by atoms with Crippen LogP contribution in [-0.4, -0.2) is 13.0 Å². The molecule has 0 unspecified atom stereocenters. The number of rotatable bonds is 8. The minimum Gasteiger partial charge on any atom is -0.493 e. The van der Waals surface area contributed by atoms with Gasteiger partial charge in [0.15, 0.2) is 11.5 Å². The number of hydrogen-bond acceptors (Lipinski definition) is 3. The summed E-state index contributed by atoms with van der Waals surface area (Å²) in [6.07, 6.45) is 3.32. The van der Waals surface area contributed by atoms with Gasteiger partial charge >= 0.3 is 0 Å². The van der Waals surface area contributed by atoms with Crippen molar-refractivity contribution in [1.29, 1.82) is 0 Å². The molecule has 4 heteroatoms. The summed E-state index contributed by atoms with van der Waals surface area (Å²) in [6, 6.07) is 25.3. The van der Waals surface area contributed by atoms with Crippen LogP contribution in [0.1, 0.15) is 16.7 Å². The van der Waals surface area contributed by atoms with Gasteiger partial charge in [0.05, 0.1) is 7.11 Å². The van der Waals surface area contributed by atoms with Gasteiger partial charge in [-0.05, 0) is 34.9 Å². The van der Waals surface area contributed by atoms with Gasteiger partial charge < -0.3 is 14.8 Å². The summed E-state index contributed by atoms with van der Waals surface area (Å²) < 4.78 is 11.3. The van der Waals surface area contributed by atoms with Crippen molar-refractivity contribution in [1.82, 2.24) is 5.32 Å². The molecule has 0 aromatic heterocycles. The number of ether oxygens (including phenoxy) is 2. The van der Waals surface area contributed by atoms with E-state index >= 15 is 0 Å². The van der Waals surface area contributed by atoms with E-state index in [4.69, 9.17) is 9.47 Å². The Bertz CT molecular complexity index is 921. The molecule has 28 heavy (non-hydrogen) atoms. The zero-order valence-corrected chi connectivity index (χ0v) is 15.8. The first-order valence-electron chi connectivity index (χ1n) is 9.09. The SMILES string of the molecule is COc1cc(CNC(=O)/C=C/c2ccccc2)ccc1OCc1ccccc1. The third-order valence-corrected chi connectivity index (χ3v) is 4.16. The predicted molar refractivity (Wildman–Crippen MR) is 111 cm³/mol. The second-order valence-electron chi connectivity index (χ2n) is 6.22. The standard InChI is InChI=1S/C24H23NO3/c1-27-23-16-21(12-14-22(23)28-18-20-10-6-3-7-11-20)17-25-24(26)15-13-19-8-4-2-5-9-19/h2-16H,17-18H2,1H3,(H,25,26)/b15-13+. The van der Waals surface area contributed by atoms with E-state index in [1.165, 1.54) is 6.08 Å². The Morgan fingerprint density at radius 1 is 0.893 bits per heavy atom. The van der Waals surface area contributed by atoms with Crippen molar-refractivity contribution in [3.63, 3.8) is 0 Å². The van der Waals surface area contributed by atoms with Crippen LogP contribution in [0.15, 0.2) is 84.9 Å². The maximum Gasteiger partial charge on any atom is 0.244 e. The third kappa shape index (κ3) is 5.74. The fraction of sp³-hybridized carbons (Fsp3) is 0.125. The van der Waals surface area contributed by atoms with Gasteiger partial charge in [-0.1, -0.05) is 66.7 Å². The van der Waals surface area contributed by atoms with Crippen molar-refractivity contribution in [2.45, 2.75) is 13.2 Å². The monoisotopic (exact) mass is 373 g/mol. The van der Waals surface area contributed by atoms with Gasteiger partial charge in [-0.15, -0.1) is 0 Å². The molecule has 4 nitrogen and oxygen atoms in total. The van der Waals surface area contributed by atoms with Crippen LogP contribution >= 0.6 is 0 Å². The highest BCUT2D eigenvalue weighted by atomic mass is 16.5. The summed E-state index contributed by atoms with van der Waals surface area (Å²) in [6.45, 7) is 0.880. The molecule has 0 spiro atoms. The molecule has 0 fully saturated rings. The summed E-state index contributed by atoms with van der Waals surface area (Å²) in [4.78, 5) is 12.0. The van der Waals surface area contributed by atoms with Crippen LogP contribution in [0.25, 0.3) is 6.08 Å². The van der Waals surface area contributed by atoms with Crippen molar-refractivity contribution >= 4 is 12.0 Å². The average molecular weight is 373 g/mol. The van der Waals surface area contributed by atoms with Gasteiger partial charge in [0.1, 0.15) is 6.61 Å². The minimum atomic E-state index is -0.146. The third-order valence-electron chi connectivity index (χ3n) is 4.16. The second kappa shape index (κ2) is 9.97. The Morgan fingerprint density at radius 2 is 1.61 bits per heavy atom. The lowest BCUT2D eigenvalue weighted by atomic mass is 10.2. The molecule has 0 radical (unpaired) electrons. The molecule has 0 atom stereocenters. The highest BCUT2D eigenvalue weighted by Gasteiger charge is 2.07. The number of hydrogen-bond donors (Lipinski definition) is 1. The molecule has 3 aromatic rings. The molecule has 0 saturated carbocycles. The van der Waals surface area contributed by atoms with E-state index in [9.17, 15) is 4.79 Å².